The summed E-state index contributed by atoms with van der Waals surface area (Å²) in [5.41, 5.74) is -0.0921. The summed E-state index contributed by atoms with van der Waals surface area (Å²) in [7, 11) is 0. The zero-order chi connectivity index (χ0) is 15.1. The molecule has 0 amide bonds. The highest BCUT2D eigenvalue weighted by Gasteiger charge is 2.43. The molecule has 110 valence electrons. The van der Waals surface area contributed by atoms with Gasteiger partial charge in [0.1, 0.15) is 11.4 Å². The van der Waals surface area contributed by atoms with Gasteiger partial charge in [0.2, 0.25) is 0 Å². The minimum absolute atomic E-state index is 0.183. The second-order valence-corrected chi connectivity index (χ2v) is 6.78. The monoisotopic (exact) mass is 303 g/mol. The fraction of sp³-hybridized carbons (Fsp3) is 0.353. The van der Waals surface area contributed by atoms with E-state index in [1.54, 1.807) is 18.3 Å². The van der Waals surface area contributed by atoms with Gasteiger partial charge in [-0.2, -0.15) is 0 Å². The third-order valence-corrected chi connectivity index (χ3v) is 4.06. The minimum Gasteiger partial charge on any atom is -0.493 e. The molecule has 21 heavy (non-hydrogen) atoms. The topological polar surface area (TPSA) is 42.4 Å². The van der Waals surface area contributed by atoms with Crippen LogP contribution in [0.4, 0.5) is 0 Å². The number of rotatable bonds is 1. The number of pyridine rings is 1. The van der Waals surface area contributed by atoms with Crippen LogP contribution in [0.3, 0.4) is 0 Å². The van der Waals surface area contributed by atoms with Crippen LogP contribution in [-0.2, 0) is 5.60 Å². The highest BCUT2D eigenvalue weighted by molar-refractivity contribution is 6.30. The van der Waals surface area contributed by atoms with E-state index < -0.39 is 5.60 Å². The van der Waals surface area contributed by atoms with E-state index in [0.29, 0.717) is 35.1 Å². The molecule has 1 unspecified atom stereocenters. The third-order valence-electron chi connectivity index (χ3n) is 3.83. The van der Waals surface area contributed by atoms with Gasteiger partial charge in [0.15, 0.2) is 0 Å². The van der Waals surface area contributed by atoms with Crippen molar-refractivity contribution in [1.82, 2.24) is 4.98 Å². The molecule has 0 radical (unpaired) electrons. The highest BCUT2D eigenvalue weighted by Crippen LogP contribution is 2.46. The van der Waals surface area contributed by atoms with Crippen molar-refractivity contribution in [3.63, 3.8) is 0 Å². The second kappa shape index (κ2) is 5.00. The molecule has 0 saturated heterocycles. The number of nitrogens with zero attached hydrogens (tertiary/aromatic N) is 1. The summed E-state index contributed by atoms with van der Waals surface area (Å²) < 4.78 is 5.89. The summed E-state index contributed by atoms with van der Waals surface area (Å²) >= 11 is 6.13. The van der Waals surface area contributed by atoms with Crippen molar-refractivity contribution in [1.29, 1.82) is 0 Å². The van der Waals surface area contributed by atoms with Crippen LogP contribution in [0.15, 0.2) is 42.6 Å². The number of fused-ring (bicyclic) bond motifs is 1. The molecule has 1 atom stereocenters. The summed E-state index contributed by atoms with van der Waals surface area (Å²) in [4.78, 5) is 4.36. The summed E-state index contributed by atoms with van der Waals surface area (Å²) in [6.45, 7) is 4.69. The van der Waals surface area contributed by atoms with Crippen LogP contribution in [0.25, 0.3) is 0 Å². The van der Waals surface area contributed by atoms with Crippen molar-refractivity contribution < 1.29 is 9.84 Å². The Bertz CT molecular complexity index is 657. The standard InChI is InChI=1S/C17H18ClNO2/c1-16(2)10-17(20,15-5-3-4-8-19-15)13-9-12(18)6-7-14(13)21-11-16/h3-9,20H,10-11H2,1-2H3. The molecule has 1 aromatic heterocycles. The van der Waals surface area contributed by atoms with E-state index in [4.69, 9.17) is 16.3 Å². The normalized spacial score (nSPS) is 23.8. The molecule has 3 nitrogen and oxygen atoms in total. The van der Waals surface area contributed by atoms with E-state index in [9.17, 15) is 5.11 Å². The highest BCUT2D eigenvalue weighted by atomic mass is 35.5. The Kier molecular flexibility index (Phi) is 3.42. The molecule has 1 aliphatic heterocycles. The molecule has 3 rings (SSSR count). The van der Waals surface area contributed by atoms with E-state index in [1.807, 2.05) is 24.3 Å². The molecule has 2 aromatic rings. The largest absolute Gasteiger partial charge is 0.493 e. The van der Waals surface area contributed by atoms with Crippen LogP contribution in [0, 0.1) is 5.41 Å². The van der Waals surface area contributed by atoms with Crippen LogP contribution in [0.2, 0.25) is 5.02 Å². The molecule has 0 fully saturated rings. The fourth-order valence-electron chi connectivity index (χ4n) is 2.90. The van der Waals surface area contributed by atoms with Crippen LogP contribution < -0.4 is 4.74 Å². The van der Waals surface area contributed by atoms with E-state index in [1.165, 1.54) is 0 Å². The summed E-state index contributed by atoms with van der Waals surface area (Å²) in [6.07, 6.45) is 2.21. The number of benzene rings is 1. The number of hydrogen-bond donors (Lipinski definition) is 1. The Morgan fingerprint density at radius 3 is 2.76 bits per heavy atom. The lowest BCUT2D eigenvalue weighted by Crippen LogP contribution is -2.34. The smallest absolute Gasteiger partial charge is 0.136 e. The van der Waals surface area contributed by atoms with Crippen molar-refractivity contribution >= 4 is 11.6 Å². The molecule has 1 aliphatic rings. The summed E-state index contributed by atoms with van der Waals surface area (Å²) in [5.74, 6) is 0.665. The molecule has 1 aromatic carbocycles. The van der Waals surface area contributed by atoms with Gasteiger partial charge in [-0.15, -0.1) is 0 Å². The Hall–Kier alpha value is -1.58. The molecule has 1 N–H and O–H groups in total. The van der Waals surface area contributed by atoms with Gasteiger partial charge in [-0.1, -0.05) is 31.5 Å². The zero-order valence-corrected chi connectivity index (χ0v) is 12.9. The number of aromatic nitrogens is 1. The van der Waals surface area contributed by atoms with Crippen molar-refractivity contribution in [2.45, 2.75) is 25.9 Å². The van der Waals surface area contributed by atoms with Gasteiger partial charge in [-0.05, 0) is 36.8 Å². The van der Waals surface area contributed by atoms with E-state index in [0.717, 1.165) is 0 Å². The Morgan fingerprint density at radius 1 is 1.24 bits per heavy atom. The third kappa shape index (κ3) is 2.63. The van der Waals surface area contributed by atoms with Gasteiger partial charge in [0, 0.05) is 22.2 Å². The fourth-order valence-corrected chi connectivity index (χ4v) is 3.07. The lowest BCUT2D eigenvalue weighted by molar-refractivity contribution is 0.0265. The SMILES string of the molecule is CC1(C)COc2ccc(Cl)cc2C(O)(c2ccccn2)C1. The molecule has 0 bridgehead atoms. The number of hydrogen-bond acceptors (Lipinski definition) is 3. The average molecular weight is 304 g/mol. The van der Waals surface area contributed by atoms with E-state index in [-0.39, 0.29) is 5.41 Å². The maximum atomic E-state index is 11.4. The first kappa shape index (κ1) is 14.4. The van der Waals surface area contributed by atoms with Gasteiger partial charge in [-0.25, -0.2) is 0 Å². The van der Waals surface area contributed by atoms with Gasteiger partial charge in [-0.3, -0.25) is 4.98 Å². The molecular weight excluding hydrogens is 286 g/mol. The maximum Gasteiger partial charge on any atom is 0.136 e. The molecule has 0 spiro atoms. The average Bonchev–Trinajstić information content (AvgIpc) is 2.55. The minimum atomic E-state index is -1.21. The molecule has 0 saturated carbocycles. The predicted molar refractivity (Wildman–Crippen MR) is 82.6 cm³/mol. The van der Waals surface area contributed by atoms with Crippen molar-refractivity contribution in [3.05, 3.63) is 58.9 Å². The van der Waals surface area contributed by atoms with Gasteiger partial charge in [0.05, 0.1) is 12.3 Å². The molecule has 0 aliphatic carbocycles. The lowest BCUT2D eigenvalue weighted by Gasteiger charge is -2.32. The van der Waals surface area contributed by atoms with Crippen LogP contribution >= 0.6 is 11.6 Å². The molecular formula is C17H18ClNO2. The number of aliphatic hydroxyl groups is 1. The zero-order valence-electron chi connectivity index (χ0n) is 12.1. The summed E-state index contributed by atoms with van der Waals surface area (Å²) in [6, 6.07) is 10.9. The van der Waals surface area contributed by atoms with Crippen LogP contribution in [-0.4, -0.2) is 16.7 Å². The first-order valence-corrected chi connectivity index (χ1v) is 7.35. The first-order valence-electron chi connectivity index (χ1n) is 6.97. The van der Waals surface area contributed by atoms with Gasteiger partial charge >= 0.3 is 0 Å². The Labute approximate surface area is 129 Å². The van der Waals surface area contributed by atoms with Crippen LogP contribution in [0.1, 0.15) is 31.5 Å². The maximum absolute atomic E-state index is 11.4. The first-order chi connectivity index (χ1) is 9.91. The van der Waals surface area contributed by atoms with Gasteiger partial charge < -0.3 is 9.84 Å². The van der Waals surface area contributed by atoms with Gasteiger partial charge in [0.25, 0.3) is 0 Å². The Balaban J connectivity index is 2.23. The van der Waals surface area contributed by atoms with E-state index in [2.05, 4.69) is 18.8 Å². The lowest BCUT2D eigenvalue weighted by atomic mass is 9.76. The molecule has 4 heteroatoms. The number of ether oxygens (including phenoxy) is 1. The summed E-state index contributed by atoms with van der Waals surface area (Å²) in [5, 5.41) is 12.0. The quantitative estimate of drug-likeness (QED) is 0.872. The number of halogens is 1. The predicted octanol–water partition coefficient (Wildman–Crippen LogP) is 3.78. The van der Waals surface area contributed by atoms with E-state index >= 15 is 0 Å². The van der Waals surface area contributed by atoms with Crippen molar-refractivity contribution in [2.24, 2.45) is 5.41 Å². The molecule has 2 heterocycles. The van der Waals surface area contributed by atoms with Crippen LogP contribution in [0.5, 0.6) is 5.75 Å². The van der Waals surface area contributed by atoms with Crippen molar-refractivity contribution in [2.75, 3.05) is 6.61 Å². The second-order valence-electron chi connectivity index (χ2n) is 6.35. The Morgan fingerprint density at radius 2 is 2.05 bits per heavy atom. The van der Waals surface area contributed by atoms with Crippen molar-refractivity contribution in [3.8, 4) is 5.75 Å².